The number of carbonyl (C=O) groups is 1. The average Bonchev–Trinajstić information content (AvgIpc) is 2.26. The molecule has 0 spiro atoms. The third kappa shape index (κ3) is 2.62. The Morgan fingerprint density at radius 2 is 2.18 bits per heavy atom. The maximum atomic E-state index is 12.0. The maximum absolute atomic E-state index is 12.0. The quantitative estimate of drug-likeness (QED) is 0.560. The lowest BCUT2D eigenvalue weighted by molar-refractivity contribution is 0.0702. The van der Waals surface area contributed by atoms with Crippen molar-refractivity contribution in [3.63, 3.8) is 0 Å². The third-order valence-corrected chi connectivity index (χ3v) is 2.74. The largest absolute Gasteiger partial charge is 0.336 e. The van der Waals surface area contributed by atoms with Crippen molar-refractivity contribution in [3.05, 3.63) is 32.6 Å². The third-order valence-electron chi connectivity index (χ3n) is 2.74. The number of nitrogens with one attached hydrogen (secondary N) is 2. The van der Waals surface area contributed by atoms with Crippen molar-refractivity contribution in [2.24, 2.45) is 5.73 Å². The molecule has 1 saturated heterocycles. The zero-order valence-corrected chi connectivity index (χ0v) is 9.23. The number of carbonyl (C=O) groups excluding carboxylic acids is 1. The van der Waals surface area contributed by atoms with E-state index in [1.165, 1.54) is 0 Å². The van der Waals surface area contributed by atoms with Gasteiger partial charge in [0.15, 0.2) is 0 Å². The maximum Gasteiger partial charge on any atom is 0.326 e. The van der Waals surface area contributed by atoms with E-state index in [0.717, 1.165) is 18.9 Å². The van der Waals surface area contributed by atoms with Gasteiger partial charge in [-0.05, 0) is 12.8 Å². The molecule has 0 aromatic carbocycles. The van der Waals surface area contributed by atoms with Crippen molar-refractivity contribution in [3.8, 4) is 0 Å². The van der Waals surface area contributed by atoms with Gasteiger partial charge in [0.05, 0.1) is 0 Å². The van der Waals surface area contributed by atoms with Gasteiger partial charge in [-0.3, -0.25) is 14.6 Å². The fourth-order valence-corrected chi connectivity index (χ4v) is 1.95. The van der Waals surface area contributed by atoms with Gasteiger partial charge in [-0.2, -0.15) is 0 Å². The first-order valence-corrected chi connectivity index (χ1v) is 5.45. The standard InChI is InChI=1S/C10H14N4O3/c11-6-2-1-3-14(5-6)9(16)7-4-8(15)13-10(17)12-7/h4,6H,1-3,5,11H2,(H2,12,13,15,17)/t6-/m1/s1. The molecule has 7 heteroatoms. The highest BCUT2D eigenvalue weighted by Crippen LogP contribution is 2.10. The minimum atomic E-state index is -0.679. The van der Waals surface area contributed by atoms with E-state index in [0.29, 0.717) is 13.1 Å². The van der Waals surface area contributed by atoms with Crippen LogP contribution in [0, 0.1) is 0 Å². The molecule has 1 aromatic rings. The highest BCUT2D eigenvalue weighted by molar-refractivity contribution is 5.92. The Morgan fingerprint density at radius 1 is 1.41 bits per heavy atom. The molecule has 7 nitrogen and oxygen atoms in total. The zero-order chi connectivity index (χ0) is 12.4. The summed E-state index contributed by atoms with van der Waals surface area (Å²) in [5, 5.41) is 0. The lowest BCUT2D eigenvalue weighted by Gasteiger charge is -2.30. The molecular formula is C10H14N4O3. The molecule has 92 valence electrons. The van der Waals surface area contributed by atoms with Crippen LogP contribution in [0.3, 0.4) is 0 Å². The van der Waals surface area contributed by atoms with Crippen LogP contribution in [0.2, 0.25) is 0 Å². The van der Waals surface area contributed by atoms with Gasteiger partial charge in [0.25, 0.3) is 11.5 Å². The van der Waals surface area contributed by atoms with Crippen LogP contribution < -0.4 is 17.0 Å². The Balaban J connectivity index is 2.24. The molecule has 0 saturated carbocycles. The topological polar surface area (TPSA) is 112 Å². The van der Waals surface area contributed by atoms with Crippen molar-refractivity contribution < 1.29 is 4.79 Å². The number of aromatic amines is 2. The molecular weight excluding hydrogens is 224 g/mol. The van der Waals surface area contributed by atoms with E-state index >= 15 is 0 Å². The number of hydrogen-bond donors (Lipinski definition) is 3. The molecule has 1 atom stereocenters. The van der Waals surface area contributed by atoms with E-state index in [1.807, 2.05) is 4.98 Å². The molecule has 17 heavy (non-hydrogen) atoms. The number of rotatable bonds is 1. The molecule has 1 aromatic heterocycles. The van der Waals surface area contributed by atoms with Crippen molar-refractivity contribution in [1.29, 1.82) is 0 Å². The van der Waals surface area contributed by atoms with Gasteiger partial charge in [-0.15, -0.1) is 0 Å². The summed E-state index contributed by atoms with van der Waals surface area (Å²) < 4.78 is 0. The van der Waals surface area contributed by atoms with Gasteiger partial charge in [0, 0.05) is 25.2 Å². The molecule has 0 aliphatic carbocycles. The highest BCUT2D eigenvalue weighted by atomic mass is 16.2. The van der Waals surface area contributed by atoms with E-state index < -0.39 is 11.2 Å². The van der Waals surface area contributed by atoms with E-state index in [2.05, 4.69) is 4.98 Å². The smallest absolute Gasteiger partial charge is 0.326 e. The van der Waals surface area contributed by atoms with Crippen molar-refractivity contribution >= 4 is 5.91 Å². The Morgan fingerprint density at radius 3 is 2.82 bits per heavy atom. The first-order valence-electron chi connectivity index (χ1n) is 5.45. The van der Waals surface area contributed by atoms with Crippen LogP contribution in [0.1, 0.15) is 23.3 Å². The number of piperidine rings is 1. The van der Waals surface area contributed by atoms with Crippen LogP contribution >= 0.6 is 0 Å². The number of amides is 1. The number of hydrogen-bond acceptors (Lipinski definition) is 4. The molecule has 4 N–H and O–H groups in total. The van der Waals surface area contributed by atoms with Gasteiger partial charge >= 0.3 is 5.69 Å². The second kappa shape index (κ2) is 4.54. The Bertz CT molecular complexity index is 505. The molecule has 0 bridgehead atoms. The Labute approximate surface area is 96.6 Å². The molecule has 2 rings (SSSR count). The normalized spacial score (nSPS) is 20.3. The van der Waals surface area contributed by atoms with Gasteiger partial charge in [0.2, 0.25) is 0 Å². The minimum Gasteiger partial charge on any atom is -0.336 e. The van der Waals surface area contributed by atoms with Gasteiger partial charge in [0.1, 0.15) is 5.69 Å². The van der Waals surface area contributed by atoms with Crippen LogP contribution in [0.4, 0.5) is 0 Å². The number of aromatic nitrogens is 2. The lowest BCUT2D eigenvalue weighted by Crippen LogP contribution is -2.46. The van der Waals surface area contributed by atoms with E-state index in [4.69, 9.17) is 5.73 Å². The summed E-state index contributed by atoms with van der Waals surface area (Å²) in [6, 6.07) is 1.05. The second-order valence-electron chi connectivity index (χ2n) is 4.15. The Kier molecular flexibility index (Phi) is 3.10. The summed E-state index contributed by atoms with van der Waals surface area (Å²) in [6.45, 7) is 1.05. The highest BCUT2D eigenvalue weighted by Gasteiger charge is 2.23. The summed E-state index contributed by atoms with van der Waals surface area (Å²) in [5.41, 5.74) is 4.51. The summed E-state index contributed by atoms with van der Waals surface area (Å²) >= 11 is 0. The molecule has 1 amide bonds. The van der Waals surface area contributed by atoms with E-state index in [9.17, 15) is 14.4 Å². The molecule has 2 heterocycles. The van der Waals surface area contributed by atoms with Crippen LogP contribution in [0.25, 0.3) is 0 Å². The van der Waals surface area contributed by atoms with Crippen molar-refractivity contribution in [2.75, 3.05) is 13.1 Å². The summed E-state index contributed by atoms with van der Waals surface area (Å²) in [4.78, 5) is 40.0. The van der Waals surface area contributed by atoms with Gasteiger partial charge in [-0.1, -0.05) is 0 Å². The SMILES string of the molecule is N[C@@H]1CCCN(C(=O)c2cc(=O)[nH]c(=O)[nH]2)C1. The van der Waals surface area contributed by atoms with Crippen LogP contribution in [-0.2, 0) is 0 Å². The molecule has 0 radical (unpaired) electrons. The second-order valence-corrected chi connectivity index (χ2v) is 4.15. The zero-order valence-electron chi connectivity index (χ0n) is 9.23. The number of nitrogens with zero attached hydrogens (tertiary/aromatic N) is 1. The molecule has 0 unspecified atom stereocenters. The average molecular weight is 238 g/mol. The van der Waals surface area contributed by atoms with E-state index in [-0.39, 0.29) is 17.6 Å². The molecule has 1 fully saturated rings. The monoisotopic (exact) mass is 238 g/mol. The first-order chi connectivity index (χ1) is 8.06. The predicted molar refractivity (Wildman–Crippen MR) is 60.8 cm³/mol. The fraction of sp³-hybridized carbons (Fsp3) is 0.500. The van der Waals surface area contributed by atoms with Crippen LogP contribution in [0.15, 0.2) is 15.7 Å². The fourth-order valence-electron chi connectivity index (χ4n) is 1.95. The van der Waals surface area contributed by atoms with Crippen molar-refractivity contribution in [1.82, 2.24) is 14.9 Å². The Hall–Kier alpha value is -1.89. The van der Waals surface area contributed by atoms with Crippen LogP contribution in [0.5, 0.6) is 0 Å². The summed E-state index contributed by atoms with van der Waals surface area (Å²) in [6.07, 6.45) is 1.72. The predicted octanol–water partition coefficient (Wildman–Crippen LogP) is -1.37. The number of nitrogens with two attached hydrogens (primary N) is 1. The number of H-pyrrole nitrogens is 2. The van der Waals surface area contributed by atoms with Gasteiger partial charge < -0.3 is 15.6 Å². The molecule has 1 aliphatic rings. The lowest BCUT2D eigenvalue weighted by atomic mass is 10.1. The minimum absolute atomic E-state index is 0.00727. The summed E-state index contributed by atoms with van der Waals surface area (Å²) in [5.74, 6) is -0.358. The van der Waals surface area contributed by atoms with E-state index in [1.54, 1.807) is 4.90 Å². The van der Waals surface area contributed by atoms with Gasteiger partial charge in [-0.25, -0.2) is 4.79 Å². The molecule has 1 aliphatic heterocycles. The first kappa shape index (κ1) is 11.6. The van der Waals surface area contributed by atoms with Crippen molar-refractivity contribution in [2.45, 2.75) is 18.9 Å². The number of likely N-dealkylation sites (tertiary alicyclic amines) is 1. The van der Waals surface area contributed by atoms with Crippen LogP contribution in [-0.4, -0.2) is 39.9 Å². The summed E-state index contributed by atoms with van der Waals surface area (Å²) in [7, 11) is 0.